The third-order valence-corrected chi connectivity index (χ3v) is 3.44. The molecule has 1 unspecified atom stereocenters. The van der Waals surface area contributed by atoms with Gasteiger partial charge >= 0.3 is 5.97 Å². The molecule has 1 fully saturated rings. The smallest absolute Gasteiger partial charge is 0.321 e. The summed E-state index contributed by atoms with van der Waals surface area (Å²) in [6.07, 6.45) is 0. The Morgan fingerprint density at radius 1 is 1.69 bits per heavy atom. The first-order valence-corrected chi connectivity index (χ1v) is 6.10. The molecular weight excluding hydrogens is 230 g/mol. The molecule has 0 amide bonds. The summed E-state index contributed by atoms with van der Waals surface area (Å²) in [7, 11) is 1.69. The number of aryl methyl sites for hydroxylation is 1. The van der Waals surface area contributed by atoms with Crippen LogP contribution < -0.4 is 0 Å². The van der Waals surface area contributed by atoms with Crippen molar-refractivity contribution in [2.75, 3.05) is 18.1 Å². The normalized spacial score (nSPS) is 22.2. The molecule has 0 radical (unpaired) electrons. The summed E-state index contributed by atoms with van der Waals surface area (Å²) in [5, 5.41) is 20.7. The van der Waals surface area contributed by atoms with Gasteiger partial charge in [0.05, 0.1) is 13.6 Å². The molecule has 1 aliphatic rings. The van der Waals surface area contributed by atoms with Gasteiger partial charge in [-0.3, -0.25) is 9.69 Å². The van der Waals surface area contributed by atoms with Crippen LogP contribution in [0.1, 0.15) is 5.82 Å². The van der Waals surface area contributed by atoms with Crippen LogP contribution in [0.2, 0.25) is 0 Å². The van der Waals surface area contributed by atoms with Gasteiger partial charge in [-0.05, 0) is 5.21 Å². The van der Waals surface area contributed by atoms with E-state index in [1.165, 1.54) is 4.80 Å². The van der Waals surface area contributed by atoms with Crippen molar-refractivity contribution >= 4 is 17.7 Å². The van der Waals surface area contributed by atoms with E-state index in [9.17, 15) is 4.79 Å². The second kappa shape index (κ2) is 4.79. The molecule has 0 bridgehead atoms. The van der Waals surface area contributed by atoms with E-state index < -0.39 is 12.0 Å². The molecule has 1 aromatic heterocycles. The molecule has 2 rings (SSSR count). The summed E-state index contributed by atoms with van der Waals surface area (Å²) in [5.41, 5.74) is 0. The van der Waals surface area contributed by atoms with E-state index in [2.05, 4.69) is 15.4 Å². The summed E-state index contributed by atoms with van der Waals surface area (Å²) in [6, 6.07) is -0.442. The number of aromatic nitrogens is 4. The fourth-order valence-corrected chi connectivity index (χ4v) is 2.73. The SMILES string of the molecule is Cn1nnc(CN2CCSCC2C(=O)O)n1. The van der Waals surface area contributed by atoms with Crippen LogP contribution in [0.25, 0.3) is 0 Å². The van der Waals surface area contributed by atoms with Gasteiger partial charge in [-0.15, -0.1) is 10.2 Å². The topological polar surface area (TPSA) is 84.1 Å². The lowest BCUT2D eigenvalue weighted by molar-refractivity contribution is -0.142. The zero-order valence-electron chi connectivity index (χ0n) is 8.91. The molecule has 7 nitrogen and oxygen atoms in total. The predicted octanol–water partition coefficient (Wildman–Crippen LogP) is -0.788. The predicted molar refractivity (Wildman–Crippen MR) is 58.0 cm³/mol. The van der Waals surface area contributed by atoms with Gasteiger partial charge in [-0.2, -0.15) is 16.6 Å². The molecule has 0 aromatic carbocycles. The van der Waals surface area contributed by atoms with Gasteiger partial charge < -0.3 is 5.11 Å². The summed E-state index contributed by atoms with van der Waals surface area (Å²) in [4.78, 5) is 14.3. The molecule has 1 aliphatic heterocycles. The highest BCUT2D eigenvalue weighted by Crippen LogP contribution is 2.17. The molecule has 1 N–H and O–H groups in total. The molecule has 0 aliphatic carbocycles. The van der Waals surface area contributed by atoms with E-state index in [0.29, 0.717) is 18.1 Å². The van der Waals surface area contributed by atoms with E-state index in [1.807, 2.05) is 4.90 Å². The van der Waals surface area contributed by atoms with Crippen molar-refractivity contribution in [3.63, 3.8) is 0 Å². The summed E-state index contributed by atoms with van der Waals surface area (Å²) in [5.74, 6) is 1.36. The number of thioether (sulfide) groups is 1. The number of rotatable bonds is 3. The maximum Gasteiger partial charge on any atom is 0.321 e. The lowest BCUT2D eigenvalue weighted by atomic mass is 10.2. The molecule has 0 saturated carbocycles. The minimum absolute atomic E-state index is 0.442. The number of carboxylic acid groups (broad SMARTS) is 1. The number of tetrazole rings is 1. The largest absolute Gasteiger partial charge is 0.480 e. The number of carbonyl (C=O) groups is 1. The molecule has 1 aromatic rings. The third kappa shape index (κ3) is 2.50. The van der Waals surface area contributed by atoms with Gasteiger partial charge in [0, 0.05) is 18.1 Å². The van der Waals surface area contributed by atoms with Crippen molar-refractivity contribution in [3.05, 3.63) is 5.82 Å². The lowest BCUT2D eigenvalue weighted by Gasteiger charge is -2.31. The Labute approximate surface area is 96.8 Å². The van der Waals surface area contributed by atoms with Crippen LogP contribution in [0.15, 0.2) is 0 Å². The Bertz CT molecular complexity index is 382. The molecule has 16 heavy (non-hydrogen) atoms. The Hall–Kier alpha value is -1.15. The molecule has 1 saturated heterocycles. The van der Waals surface area contributed by atoms with Crippen molar-refractivity contribution in [2.24, 2.45) is 7.05 Å². The van der Waals surface area contributed by atoms with Crippen molar-refractivity contribution in [3.8, 4) is 0 Å². The van der Waals surface area contributed by atoms with Crippen molar-refractivity contribution in [1.29, 1.82) is 0 Å². The standard InChI is InChI=1S/C8H13N5O2S/c1-12-10-7(9-11-12)4-13-2-3-16-5-6(13)8(14)15/h6H,2-5H2,1H3,(H,14,15). The first-order chi connectivity index (χ1) is 7.66. The first kappa shape index (κ1) is 11.3. The number of hydrogen-bond donors (Lipinski definition) is 1. The van der Waals surface area contributed by atoms with Crippen molar-refractivity contribution < 1.29 is 9.90 Å². The monoisotopic (exact) mass is 243 g/mol. The quantitative estimate of drug-likeness (QED) is 0.744. The average Bonchev–Trinajstić information content (AvgIpc) is 2.64. The average molecular weight is 243 g/mol. The number of nitrogens with zero attached hydrogens (tertiary/aromatic N) is 5. The molecule has 88 valence electrons. The van der Waals surface area contributed by atoms with Gasteiger partial charge in [-0.25, -0.2) is 0 Å². The zero-order chi connectivity index (χ0) is 11.5. The van der Waals surface area contributed by atoms with Crippen LogP contribution >= 0.6 is 11.8 Å². The maximum atomic E-state index is 11.0. The minimum atomic E-state index is -0.781. The van der Waals surface area contributed by atoms with E-state index in [0.717, 1.165) is 12.3 Å². The zero-order valence-corrected chi connectivity index (χ0v) is 9.72. The summed E-state index contributed by atoms with van der Waals surface area (Å²) >= 11 is 1.67. The van der Waals surface area contributed by atoms with Gasteiger partial charge in [0.25, 0.3) is 0 Å². The van der Waals surface area contributed by atoms with Crippen molar-refractivity contribution in [2.45, 2.75) is 12.6 Å². The second-order valence-corrected chi connectivity index (χ2v) is 4.74. The Balaban J connectivity index is 2.03. The Kier molecular flexibility index (Phi) is 3.39. The molecule has 0 spiro atoms. The van der Waals surface area contributed by atoms with Crippen LogP contribution in [0.3, 0.4) is 0 Å². The van der Waals surface area contributed by atoms with Crippen LogP contribution in [0.5, 0.6) is 0 Å². The number of aliphatic carboxylic acids is 1. The van der Waals surface area contributed by atoms with E-state index >= 15 is 0 Å². The van der Waals surface area contributed by atoms with E-state index in [4.69, 9.17) is 5.11 Å². The highest BCUT2D eigenvalue weighted by molar-refractivity contribution is 7.99. The summed E-state index contributed by atoms with van der Waals surface area (Å²) < 4.78 is 0. The number of hydrogen-bond acceptors (Lipinski definition) is 6. The lowest BCUT2D eigenvalue weighted by Crippen LogP contribution is -2.46. The number of carboxylic acids is 1. The molecule has 1 atom stereocenters. The maximum absolute atomic E-state index is 11.0. The van der Waals surface area contributed by atoms with E-state index in [1.54, 1.807) is 18.8 Å². The first-order valence-electron chi connectivity index (χ1n) is 4.94. The Morgan fingerprint density at radius 2 is 2.50 bits per heavy atom. The second-order valence-electron chi connectivity index (χ2n) is 3.59. The van der Waals surface area contributed by atoms with Gasteiger partial charge in [-0.1, -0.05) is 0 Å². The Morgan fingerprint density at radius 3 is 3.12 bits per heavy atom. The fourth-order valence-electron chi connectivity index (χ4n) is 1.62. The van der Waals surface area contributed by atoms with Gasteiger partial charge in [0.15, 0.2) is 5.82 Å². The van der Waals surface area contributed by atoms with Crippen LogP contribution in [0.4, 0.5) is 0 Å². The van der Waals surface area contributed by atoms with Crippen molar-refractivity contribution in [1.82, 2.24) is 25.1 Å². The summed E-state index contributed by atoms with van der Waals surface area (Å²) in [6.45, 7) is 1.20. The molecule has 2 heterocycles. The van der Waals surface area contributed by atoms with Crippen LogP contribution in [-0.2, 0) is 18.4 Å². The van der Waals surface area contributed by atoms with Crippen LogP contribution in [0, 0.1) is 0 Å². The fraction of sp³-hybridized carbons (Fsp3) is 0.750. The highest BCUT2D eigenvalue weighted by Gasteiger charge is 2.29. The van der Waals surface area contributed by atoms with E-state index in [-0.39, 0.29) is 0 Å². The molecular formula is C8H13N5O2S. The minimum Gasteiger partial charge on any atom is -0.480 e. The highest BCUT2D eigenvalue weighted by atomic mass is 32.2. The van der Waals surface area contributed by atoms with Gasteiger partial charge in [0.2, 0.25) is 0 Å². The third-order valence-electron chi connectivity index (χ3n) is 2.42. The van der Waals surface area contributed by atoms with Crippen LogP contribution in [-0.4, -0.2) is 60.3 Å². The molecule has 8 heteroatoms. The van der Waals surface area contributed by atoms with Gasteiger partial charge in [0.1, 0.15) is 6.04 Å².